The largest absolute Gasteiger partial charge is 0.353 e. The van der Waals surface area contributed by atoms with Gasteiger partial charge in [0, 0.05) is 28.9 Å². The van der Waals surface area contributed by atoms with E-state index in [9.17, 15) is 0 Å². The van der Waals surface area contributed by atoms with E-state index in [0.29, 0.717) is 12.0 Å². The highest BCUT2D eigenvalue weighted by atomic mass is 35.5. The summed E-state index contributed by atoms with van der Waals surface area (Å²) < 4.78 is 0. The minimum Gasteiger partial charge on any atom is -0.353 e. The Bertz CT molecular complexity index is 654. The maximum absolute atomic E-state index is 6.07. The molecule has 0 radical (unpaired) electrons. The lowest BCUT2D eigenvalue weighted by molar-refractivity contribution is 0.692. The third-order valence-electron chi connectivity index (χ3n) is 3.94. The fourth-order valence-electron chi connectivity index (χ4n) is 2.62. The van der Waals surface area contributed by atoms with Crippen molar-refractivity contribution in [3.8, 4) is 0 Å². The van der Waals surface area contributed by atoms with E-state index in [2.05, 4.69) is 52.2 Å². The van der Waals surface area contributed by atoms with E-state index in [4.69, 9.17) is 11.6 Å². The molecule has 2 N–H and O–H groups in total. The van der Waals surface area contributed by atoms with Crippen LogP contribution >= 0.6 is 22.9 Å². The van der Waals surface area contributed by atoms with Crippen molar-refractivity contribution in [3.63, 3.8) is 0 Å². The van der Waals surface area contributed by atoms with Gasteiger partial charge in [-0.25, -0.2) is 0 Å². The highest BCUT2D eigenvalue weighted by molar-refractivity contribution is 7.10. The van der Waals surface area contributed by atoms with E-state index >= 15 is 0 Å². The van der Waals surface area contributed by atoms with Crippen LogP contribution in [0, 0.1) is 0 Å². The summed E-state index contributed by atoms with van der Waals surface area (Å²) in [5, 5.41) is 9.85. The second-order valence-electron chi connectivity index (χ2n) is 5.60. The summed E-state index contributed by atoms with van der Waals surface area (Å²) in [6, 6.07) is 13.0. The van der Waals surface area contributed by atoms with Crippen molar-refractivity contribution < 1.29 is 0 Å². The average Bonchev–Trinajstić information content (AvgIpc) is 3.06. The van der Waals surface area contributed by atoms with Crippen molar-refractivity contribution in [3.05, 3.63) is 57.2 Å². The molecule has 1 aliphatic rings. The summed E-state index contributed by atoms with van der Waals surface area (Å²) in [5.41, 5.74) is 1.30. The topological polar surface area (TPSA) is 36.4 Å². The van der Waals surface area contributed by atoms with Crippen LogP contribution in [0.3, 0.4) is 0 Å². The van der Waals surface area contributed by atoms with Crippen LogP contribution in [-0.4, -0.2) is 19.0 Å². The molecule has 0 aliphatic heterocycles. The van der Waals surface area contributed by atoms with Gasteiger partial charge in [-0.05, 0) is 42.5 Å². The molecule has 1 aliphatic carbocycles. The molecule has 22 heavy (non-hydrogen) atoms. The summed E-state index contributed by atoms with van der Waals surface area (Å²) in [5.74, 6) is 1.38. The molecular formula is C17H20ClN3S. The van der Waals surface area contributed by atoms with Gasteiger partial charge in [-0.15, -0.1) is 11.3 Å². The zero-order valence-electron chi connectivity index (χ0n) is 12.7. The van der Waals surface area contributed by atoms with Crippen LogP contribution in [-0.2, 0) is 0 Å². The molecule has 1 saturated carbocycles. The van der Waals surface area contributed by atoms with E-state index in [1.807, 2.05) is 19.2 Å². The molecule has 1 aromatic carbocycles. The number of benzene rings is 1. The monoisotopic (exact) mass is 333 g/mol. The van der Waals surface area contributed by atoms with Crippen molar-refractivity contribution in [1.29, 1.82) is 0 Å². The lowest BCUT2D eigenvalue weighted by atomic mass is 10.1. The molecule has 5 heteroatoms. The van der Waals surface area contributed by atoms with Crippen molar-refractivity contribution in [2.45, 2.75) is 31.3 Å². The third kappa shape index (κ3) is 3.62. The number of nitrogens with one attached hydrogen (secondary N) is 2. The number of thiophene rings is 1. The Balaban J connectivity index is 1.56. The van der Waals surface area contributed by atoms with Gasteiger partial charge in [0.1, 0.15) is 0 Å². The molecule has 116 valence electrons. The second kappa shape index (κ2) is 6.71. The molecule has 3 unspecified atom stereocenters. The maximum Gasteiger partial charge on any atom is 0.191 e. The minimum absolute atomic E-state index is 0.259. The van der Waals surface area contributed by atoms with E-state index in [1.165, 1.54) is 10.4 Å². The number of hydrogen-bond donors (Lipinski definition) is 2. The lowest BCUT2D eigenvalue weighted by Crippen LogP contribution is -2.40. The normalized spacial score (nSPS) is 22.2. The summed E-state index contributed by atoms with van der Waals surface area (Å²) in [4.78, 5) is 5.65. The van der Waals surface area contributed by atoms with Crippen LogP contribution in [0.25, 0.3) is 0 Å². The Hall–Kier alpha value is -1.52. The zero-order chi connectivity index (χ0) is 15.5. The smallest absolute Gasteiger partial charge is 0.191 e. The van der Waals surface area contributed by atoms with E-state index in [-0.39, 0.29) is 6.04 Å². The molecule has 2 aromatic rings. The van der Waals surface area contributed by atoms with Crippen molar-refractivity contribution in [2.75, 3.05) is 7.05 Å². The Morgan fingerprint density at radius 3 is 2.91 bits per heavy atom. The molecule has 3 nitrogen and oxygen atoms in total. The fourth-order valence-corrected chi connectivity index (χ4v) is 3.55. The van der Waals surface area contributed by atoms with Gasteiger partial charge in [-0.1, -0.05) is 29.8 Å². The summed E-state index contributed by atoms with van der Waals surface area (Å²) in [7, 11) is 1.81. The summed E-state index contributed by atoms with van der Waals surface area (Å²) in [6.07, 6.45) is 1.12. The van der Waals surface area contributed by atoms with Gasteiger partial charge in [0.25, 0.3) is 0 Å². The molecule has 3 atom stereocenters. The molecular weight excluding hydrogens is 314 g/mol. The van der Waals surface area contributed by atoms with Gasteiger partial charge in [-0.2, -0.15) is 0 Å². The van der Waals surface area contributed by atoms with Gasteiger partial charge in [-0.3, -0.25) is 4.99 Å². The van der Waals surface area contributed by atoms with Crippen LogP contribution in [0.5, 0.6) is 0 Å². The Kier molecular flexibility index (Phi) is 4.69. The SMILES string of the molecule is CN=C(NC(C)c1cccs1)NC1CC1c1cccc(Cl)c1. The summed E-state index contributed by atoms with van der Waals surface area (Å²) >= 11 is 7.83. The molecule has 1 fully saturated rings. The molecule has 0 spiro atoms. The maximum atomic E-state index is 6.07. The van der Waals surface area contributed by atoms with Gasteiger partial charge in [0.15, 0.2) is 5.96 Å². The Morgan fingerprint density at radius 2 is 2.23 bits per heavy atom. The van der Waals surface area contributed by atoms with Crippen LogP contribution in [0.1, 0.15) is 35.7 Å². The van der Waals surface area contributed by atoms with Gasteiger partial charge in [0.05, 0.1) is 6.04 Å². The predicted molar refractivity (Wildman–Crippen MR) is 95.0 cm³/mol. The molecule has 0 saturated heterocycles. The van der Waals surface area contributed by atoms with Crippen LogP contribution in [0.4, 0.5) is 0 Å². The molecule has 0 bridgehead atoms. The van der Waals surface area contributed by atoms with E-state index in [0.717, 1.165) is 17.4 Å². The quantitative estimate of drug-likeness (QED) is 0.650. The highest BCUT2D eigenvalue weighted by Gasteiger charge is 2.39. The number of nitrogens with zero attached hydrogens (tertiary/aromatic N) is 1. The second-order valence-corrected chi connectivity index (χ2v) is 7.02. The van der Waals surface area contributed by atoms with Crippen molar-refractivity contribution in [1.82, 2.24) is 10.6 Å². The van der Waals surface area contributed by atoms with Gasteiger partial charge in [0.2, 0.25) is 0 Å². The average molecular weight is 334 g/mol. The number of halogens is 1. The van der Waals surface area contributed by atoms with Crippen LogP contribution in [0.2, 0.25) is 5.02 Å². The lowest BCUT2D eigenvalue weighted by Gasteiger charge is -2.17. The van der Waals surface area contributed by atoms with Crippen LogP contribution < -0.4 is 10.6 Å². The molecule has 1 heterocycles. The fraction of sp³-hybridized carbons (Fsp3) is 0.353. The first-order chi connectivity index (χ1) is 10.7. The highest BCUT2D eigenvalue weighted by Crippen LogP contribution is 2.41. The minimum atomic E-state index is 0.259. The number of rotatable bonds is 4. The standard InChI is InChI=1S/C17H20ClN3S/c1-11(16-7-4-8-22-16)20-17(19-2)21-15-10-14(15)12-5-3-6-13(18)9-12/h3-9,11,14-15H,10H2,1-2H3,(H2,19,20,21). The van der Waals surface area contributed by atoms with Gasteiger partial charge >= 0.3 is 0 Å². The Labute approximate surface area is 140 Å². The Morgan fingerprint density at radius 1 is 1.36 bits per heavy atom. The molecule has 1 aromatic heterocycles. The number of aliphatic imine (C=N–C) groups is 1. The number of hydrogen-bond acceptors (Lipinski definition) is 2. The number of guanidine groups is 1. The first-order valence-corrected chi connectivity index (χ1v) is 8.72. The molecule has 0 amide bonds. The first kappa shape index (κ1) is 15.4. The zero-order valence-corrected chi connectivity index (χ0v) is 14.3. The summed E-state index contributed by atoms with van der Waals surface area (Å²) in [6.45, 7) is 2.15. The van der Waals surface area contributed by atoms with Crippen molar-refractivity contribution >= 4 is 28.9 Å². The van der Waals surface area contributed by atoms with Crippen molar-refractivity contribution in [2.24, 2.45) is 4.99 Å². The first-order valence-electron chi connectivity index (χ1n) is 7.46. The van der Waals surface area contributed by atoms with E-state index in [1.54, 1.807) is 11.3 Å². The van der Waals surface area contributed by atoms with E-state index < -0.39 is 0 Å². The van der Waals surface area contributed by atoms with Crippen LogP contribution in [0.15, 0.2) is 46.8 Å². The third-order valence-corrected chi connectivity index (χ3v) is 5.23. The predicted octanol–water partition coefficient (Wildman–Crippen LogP) is 4.18. The molecule has 3 rings (SSSR count). The van der Waals surface area contributed by atoms with Gasteiger partial charge < -0.3 is 10.6 Å².